The van der Waals surface area contributed by atoms with Crippen LogP contribution in [0.2, 0.25) is 0 Å². The maximum Gasteiger partial charge on any atom is 0.347 e. The minimum atomic E-state index is -3.66. The molecule has 0 N–H and O–H groups in total. The molecule has 7 aliphatic heterocycles. The number of benzene rings is 12. The second-order valence-corrected chi connectivity index (χ2v) is 49.6. The Balaban J connectivity index is 0.000000122. The first-order valence-electron chi connectivity index (χ1n) is 48.6. The van der Waals surface area contributed by atoms with Gasteiger partial charge in [0.05, 0.1) is 67.5 Å². The minimum absolute atomic E-state index is 0.0381. The molecule has 0 radical (unpaired) electrons. The summed E-state index contributed by atoms with van der Waals surface area (Å²) < 4.78 is 121. The standard InChI is InChI=1S/C32H33O5S.C29H29O6S2.C28H27O7S2.C26H25O5S/c1-20-13-27(38(25-9-5-3-6-10-25)26-11-7-4-8-12-26)14-21(2)30(20)35-19-29(33)37-31-23-15-22-16-24(18-23)32(34)36-28(31)17-22;1-18-13-23(36(21-9-5-3-6-10-21)22-11-7-4-8-12-22)14-19(2)27(18)33-17-26(30)34-28-20-15-24-25(16-20)37(31,32)35-29(24)28;1-17-13-21(36(19-9-5-3-6-10-19)20-11-7-4-8-12-20)14-18(2)25(17)32-16-24(29)34-26-22-15-23-27(33-22)28(26)35-37(23,30)31;1-18-15-22(32(20-9-5-3-6-10-20)21-11-7-4-8-12-21)16-19(2)25(18)30-17-24(27)31-23-13-14-29-26(23)28/h3-14,22-24,28,31H,15-19H2,1-2H3;3-14,20,24-25,28-29H,15-17H2,1-2H3;3-14,22-23,26-28H,15-16H2,1-2H3;3-12,15-16,23H,13-14,17H2,1-2H3/q4*+1. The van der Waals surface area contributed by atoms with Gasteiger partial charge in [-0.05, 0) is 248 Å². The van der Waals surface area contributed by atoms with Crippen LogP contribution in [0.4, 0.5) is 0 Å². The van der Waals surface area contributed by atoms with E-state index in [1.807, 2.05) is 104 Å². The Labute approximate surface area is 851 Å². The van der Waals surface area contributed by atoms with Crippen LogP contribution in [-0.2, 0) is 134 Å². The number of fused-ring (bicyclic) bond motifs is 3. The molecule has 16 unspecified atom stereocenters. The number of carbonyl (C=O) groups excluding carboxylic acids is 6. The summed E-state index contributed by atoms with van der Waals surface area (Å²) in [5.41, 5.74) is 7.58. The molecule has 29 heteroatoms. The van der Waals surface area contributed by atoms with Crippen LogP contribution in [0, 0.1) is 85.0 Å². The van der Waals surface area contributed by atoms with E-state index in [1.54, 1.807) is 0 Å². The van der Waals surface area contributed by atoms with E-state index in [0.29, 0.717) is 41.8 Å². The molecule has 11 aliphatic rings. The van der Waals surface area contributed by atoms with E-state index in [4.69, 9.17) is 60.5 Å². The summed E-state index contributed by atoms with van der Waals surface area (Å²) in [6.07, 6.45) is 0.291. The van der Waals surface area contributed by atoms with E-state index in [0.717, 1.165) is 81.5 Å². The lowest BCUT2D eigenvalue weighted by Gasteiger charge is -2.41. The molecule has 7 saturated heterocycles. The molecular formula is C115H114O23S6+4. The number of carbonyl (C=O) groups is 6. The van der Waals surface area contributed by atoms with E-state index >= 15 is 0 Å². The Morgan fingerprint density at radius 2 is 0.625 bits per heavy atom. The third-order valence-electron chi connectivity index (χ3n) is 27.9. The van der Waals surface area contributed by atoms with Crippen molar-refractivity contribution in [1.29, 1.82) is 0 Å². The van der Waals surface area contributed by atoms with Crippen LogP contribution in [0.25, 0.3) is 0 Å². The zero-order valence-electron chi connectivity index (χ0n) is 81.0. The fourth-order valence-electron chi connectivity index (χ4n) is 21.8. The largest absolute Gasteiger partial charge is 0.481 e. The van der Waals surface area contributed by atoms with Gasteiger partial charge < -0.3 is 52.1 Å². The average Bonchev–Trinajstić information content (AvgIpc) is 1.56. The maximum absolute atomic E-state index is 12.9. The van der Waals surface area contributed by atoms with E-state index in [1.165, 1.54) is 53.9 Å². The van der Waals surface area contributed by atoms with Crippen LogP contribution in [0.15, 0.2) is 350 Å². The highest BCUT2D eigenvalue weighted by Crippen LogP contribution is 2.56. The zero-order chi connectivity index (χ0) is 100. The summed E-state index contributed by atoms with van der Waals surface area (Å²) in [4.78, 5) is 88.8. The first kappa shape index (κ1) is 101. The van der Waals surface area contributed by atoms with Crippen molar-refractivity contribution in [1.82, 2.24) is 0 Å². The van der Waals surface area contributed by atoms with Gasteiger partial charge in [-0.2, -0.15) is 16.8 Å². The van der Waals surface area contributed by atoms with Crippen molar-refractivity contribution < 1.29 is 106 Å². The molecule has 16 atom stereocenters. The number of ether oxygens (including phenoxy) is 11. The molecule has 7 heterocycles. The number of hydrogen-bond donors (Lipinski definition) is 0. The lowest BCUT2D eigenvalue weighted by Crippen LogP contribution is -2.45. The summed E-state index contributed by atoms with van der Waals surface area (Å²) in [5, 5.41) is -1.09. The second kappa shape index (κ2) is 44.0. The zero-order valence-corrected chi connectivity index (χ0v) is 85.9. The van der Waals surface area contributed by atoms with Crippen molar-refractivity contribution in [3.05, 3.63) is 336 Å². The van der Waals surface area contributed by atoms with Crippen LogP contribution >= 0.6 is 0 Å². The van der Waals surface area contributed by atoms with Crippen molar-refractivity contribution in [2.45, 2.75) is 231 Å². The van der Waals surface area contributed by atoms with E-state index in [2.05, 4.69) is 243 Å². The van der Waals surface area contributed by atoms with Crippen LogP contribution < -0.4 is 18.9 Å². The molecule has 144 heavy (non-hydrogen) atoms. The third kappa shape index (κ3) is 22.2. The highest BCUT2D eigenvalue weighted by Gasteiger charge is 2.68. The molecule has 12 aromatic carbocycles. The van der Waals surface area contributed by atoms with Crippen molar-refractivity contribution in [3.63, 3.8) is 0 Å². The van der Waals surface area contributed by atoms with Gasteiger partial charge in [0.15, 0.2) is 91.3 Å². The number of cyclic esters (lactones) is 1. The molecule has 8 bridgehead atoms. The maximum atomic E-state index is 12.9. The summed E-state index contributed by atoms with van der Waals surface area (Å²) in [5.74, 6) is 0.625. The van der Waals surface area contributed by atoms with Gasteiger partial charge in [0, 0.05) is 72.7 Å². The molecule has 12 aromatic rings. The highest BCUT2D eigenvalue weighted by molar-refractivity contribution is 7.98. The number of aryl methyl sites for hydroxylation is 8. The Morgan fingerprint density at radius 3 is 0.965 bits per heavy atom. The van der Waals surface area contributed by atoms with Crippen LogP contribution in [0.3, 0.4) is 0 Å². The Kier molecular flexibility index (Phi) is 30.7. The van der Waals surface area contributed by atoms with Gasteiger partial charge in [0.2, 0.25) is 6.10 Å². The molecule has 0 amide bonds. The highest BCUT2D eigenvalue weighted by atomic mass is 32.2. The monoisotopic (exact) mass is 2050 g/mol. The minimum Gasteiger partial charge on any atom is -0.481 e. The molecular weight excluding hydrogens is 1940 g/mol. The summed E-state index contributed by atoms with van der Waals surface area (Å²) >= 11 is 0. The third-order valence-corrected chi connectivity index (χ3v) is 40.1. The van der Waals surface area contributed by atoms with Crippen molar-refractivity contribution in [3.8, 4) is 23.0 Å². The van der Waals surface area contributed by atoms with Crippen molar-refractivity contribution in [2.24, 2.45) is 29.6 Å². The lowest BCUT2D eigenvalue weighted by atomic mass is 9.67. The molecule has 0 aromatic heterocycles. The molecule has 23 rings (SSSR count). The molecule has 4 saturated carbocycles. The van der Waals surface area contributed by atoms with Gasteiger partial charge in [-0.1, -0.05) is 146 Å². The number of esters is 6. The SMILES string of the molecule is Cc1cc([S+](c2ccccc2)c2ccccc2)cc(C)c1OCC(=O)OC1C2CC3C(O2)C1OS3(=O)=O.Cc1cc([S+](c2ccccc2)c2ccccc2)cc(C)c1OCC(=O)OC1C2CC3C1OS(=O)(=O)C3C2.Cc1cc([S+](c2ccccc2)c2ccccc2)cc(C)c1OCC(=O)OC1C2CC3CC(C2)C(=O)OC1C3.Cc1cc([S+](c2ccccc2)c2ccccc2)cc(C)c1OCC(=O)OC1CCOC1=O. The Bertz CT molecular complexity index is 6450. The molecule has 744 valence electrons. The van der Waals surface area contributed by atoms with E-state index < -0.39 is 103 Å². The van der Waals surface area contributed by atoms with Crippen molar-refractivity contribution >= 4 is 99.6 Å². The fourth-order valence-corrected chi connectivity index (χ4v) is 34.4. The smallest absolute Gasteiger partial charge is 0.347 e. The Hall–Kier alpha value is -12.2. The van der Waals surface area contributed by atoms with Gasteiger partial charge in [-0.25, -0.2) is 24.0 Å². The normalized spacial score (nSPS) is 24.1. The molecule has 11 fully saturated rings. The first-order chi connectivity index (χ1) is 69.6. The van der Waals surface area contributed by atoms with E-state index in [9.17, 15) is 45.6 Å². The van der Waals surface area contributed by atoms with Gasteiger partial charge in [0.25, 0.3) is 20.2 Å². The molecule has 4 aliphatic carbocycles. The van der Waals surface area contributed by atoms with Crippen LogP contribution in [0.1, 0.15) is 95.9 Å². The average molecular weight is 2060 g/mol. The van der Waals surface area contributed by atoms with Gasteiger partial charge in [-0.15, -0.1) is 0 Å². The first-order valence-corrected chi connectivity index (χ1v) is 56.4. The lowest BCUT2D eigenvalue weighted by molar-refractivity contribution is -0.174. The molecule has 23 nitrogen and oxygen atoms in total. The van der Waals surface area contributed by atoms with Gasteiger partial charge >= 0.3 is 35.8 Å². The summed E-state index contributed by atoms with van der Waals surface area (Å²) in [6.45, 7) is 15.2. The van der Waals surface area contributed by atoms with Crippen LogP contribution in [-0.4, -0.2) is 151 Å². The fraction of sp³-hybridized carbons (Fsp3) is 0.322. The predicted octanol–water partition coefficient (Wildman–Crippen LogP) is 19.5. The topological polar surface area (TPSA) is 291 Å². The second-order valence-electron chi connectivity index (χ2n) is 37.9. The predicted molar refractivity (Wildman–Crippen MR) is 544 cm³/mol. The van der Waals surface area contributed by atoms with Gasteiger partial charge in [-0.3, -0.25) is 13.2 Å². The van der Waals surface area contributed by atoms with Crippen LogP contribution in [0.5, 0.6) is 23.0 Å². The summed E-state index contributed by atoms with van der Waals surface area (Å²) in [6, 6.07) is 101. The van der Waals surface area contributed by atoms with Crippen molar-refractivity contribution in [2.75, 3.05) is 33.0 Å². The van der Waals surface area contributed by atoms with Gasteiger partial charge in [0.1, 0.15) is 64.9 Å². The Morgan fingerprint density at radius 1 is 0.312 bits per heavy atom. The quantitative estimate of drug-likeness (QED) is 0.0190. The molecule has 0 spiro atoms. The number of hydrogen-bond acceptors (Lipinski definition) is 23. The number of rotatable bonds is 28. The summed E-state index contributed by atoms with van der Waals surface area (Å²) in [7, 11) is -8.29. The van der Waals surface area contributed by atoms with E-state index in [-0.39, 0.29) is 125 Å².